The Kier molecular flexibility index (Phi) is 4.71. The molecule has 154 valence electrons. The number of carbonyl (C=O) groups is 1. The lowest BCUT2D eigenvalue weighted by molar-refractivity contribution is -0.605. The lowest BCUT2D eigenvalue weighted by atomic mass is 9.99. The normalized spacial score (nSPS) is 20.6. The molecule has 3 aromatic rings. The summed E-state index contributed by atoms with van der Waals surface area (Å²) in [5.41, 5.74) is 3.13. The average molecular weight is 405 g/mol. The van der Waals surface area contributed by atoms with Crippen molar-refractivity contribution in [2.75, 3.05) is 6.61 Å². The van der Waals surface area contributed by atoms with E-state index >= 15 is 0 Å². The van der Waals surface area contributed by atoms with Gasteiger partial charge >= 0.3 is 0 Å². The second-order valence-electron chi connectivity index (χ2n) is 8.02. The maximum Gasteiger partial charge on any atom is 0.272 e. The first kappa shape index (κ1) is 18.7. The van der Waals surface area contributed by atoms with Crippen molar-refractivity contribution in [2.24, 2.45) is 5.92 Å². The molecule has 0 spiro atoms. The Morgan fingerprint density at radius 2 is 2.17 bits per heavy atom. The van der Waals surface area contributed by atoms with Gasteiger partial charge in [0.1, 0.15) is 0 Å². The van der Waals surface area contributed by atoms with Crippen LogP contribution in [0.4, 0.5) is 0 Å². The van der Waals surface area contributed by atoms with Gasteiger partial charge in [-0.15, -0.1) is 0 Å². The van der Waals surface area contributed by atoms with Crippen molar-refractivity contribution in [3.05, 3.63) is 76.6 Å². The summed E-state index contributed by atoms with van der Waals surface area (Å²) in [6.45, 7) is -0.208. The molecule has 0 bridgehead atoms. The predicted octanol–water partition coefficient (Wildman–Crippen LogP) is 1.80. The molecule has 2 aromatic heterocycles. The third kappa shape index (κ3) is 3.13. The fourth-order valence-electron chi connectivity index (χ4n) is 4.93. The zero-order chi connectivity index (χ0) is 20.7. The van der Waals surface area contributed by atoms with E-state index in [4.69, 9.17) is 0 Å². The number of amides is 1. The quantitative estimate of drug-likeness (QED) is 0.497. The van der Waals surface area contributed by atoms with E-state index in [1.165, 1.54) is 18.6 Å². The lowest BCUT2D eigenvalue weighted by Gasteiger charge is -2.16. The molecule has 2 aliphatic carbocycles. The van der Waals surface area contributed by atoms with Crippen molar-refractivity contribution in [2.45, 2.75) is 37.6 Å². The summed E-state index contributed by atoms with van der Waals surface area (Å²) in [7, 11) is 0. The maximum absolute atomic E-state index is 13.2. The first-order valence-corrected chi connectivity index (χ1v) is 10.3. The second kappa shape index (κ2) is 7.53. The zero-order valence-electron chi connectivity index (χ0n) is 16.4. The molecule has 0 saturated heterocycles. The van der Waals surface area contributed by atoms with Crippen LogP contribution in [0.15, 0.2) is 48.9 Å². The average Bonchev–Trinajstić information content (AvgIpc) is 3.44. The van der Waals surface area contributed by atoms with E-state index in [2.05, 4.69) is 15.4 Å². The summed E-state index contributed by atoms with van der Waals surface area (Å²) >= 11 is 0. The summed E-state index contributed by atoms with van der Waals surface area (Å²) in [4.78, 5) is 17.5. The molecule has 1 aromatic carbocycles. The maximum atomic E-state index is 13.2. The largest absolute Gasteiger partial charge is 0.619 e. The molecule has 1 saturated carbocycles. The molecule has 30 heavy (non-hydrogen) atoms. The highest BCUT2D eigenvalue weighted by atomic mass is 16.5. The van der Waals surface area contributed by atoms with Crippen molar-refractivity contribution < 1.29 is 14.6 Å². The molecule has 3 atom stereocenters. The van der Waals surface area contributed by atoms with E-state index in [9.17, 15) is 15.1 Å². The van der Waals surface area contributed by atoms with Crippen molar-refractivity contribution in [1.82, 2.24) is 20.1 Å². The number of hydrogen-bond donors (Lipinski definition) is 2. The van der Waals surface area contributed by atoms with Crippen molar-refractivity contribution in [3.8, 4) is 5.82 Å². The monoisotopic (exact) mass is 405 g/mol. The molecule has 8 nitrogen and oxygen atoms in total. The SMILES string of the molecule is O=C(NC(CO)c1ccccc1)c1nn(-c2c[n+]([O-])ccn2)c2c1C[C@@H]1CCC[C@H]21. The van der Waals surface area contributed by atoms with Crippen LogP contribution in [0.2, 0.25) is 0 Å². The summed E-state index contributed by atoms with van der Waals surface area (Å²) in [6.07, 6.45) is 8.29. The molecule has 0 radical (unpaired) electrons. The van der Waals surface area contributed by atoms with Crippen molar-refractivity contribution in [1.29, 1.82) is 0 Å². The molecule has 2 N–H and O–H groups in total. The molecule has 5 rings (SSSR count). The number of aliphatic hydroxyl groups is 1. The molecule has 1 amide bonds. The minimum Gasteiger partial charge on any atom is -0.619 e. The Morgan fingerprint density at radius 1 is 1.33 bits per heavy atom. The van der Waals surface area contributed by atoms with Gasteiger partial charge in [0.2, 0.25) is 12.0 Å². The number of aliphatic hydroxyl groups excluding tert-OH is 1. The molecular formula is C22H23N5O3. The van der Waals surface area contributed by atoms with E-state index in [1.807, 2.05) is 30.3 Å². The Bertz CT molecular complexity index is 1080. The topological polar surface area (TPSA) is 107 Å². The summed E-state index contributed by atoms with van der Waals surface area (Å²) < 4.78 is 2.36. The van der Waals surface area contributed by atoms with Gasteiger partial charge in [0, 0.05) is 11.5 Å². The predicted molar refractivity (Wildman–Crippen MR) is 108 cm³/mol. The first-order valence-electron chi connectivity index (χ1n) is 10.3. The highest BCUT2D eigenvalue weighted by Gasteiger charge is 2.43. The Hall–Kier alpha value is -3.26. The van der Waals surface area contributed by atoms with Gasteiger partial charge in [-0.25, -0.2) is 9.67 Å². The van der Waals surface area contributed by atoms with Gasteiger partial charge in [0.05, 0.1) is 24.5 Å². The standard InChI is InChI=1S/C22H23N5O3/c28-13-18(14-5-2-1-3-6-14)24-22(29)20-17-11-15-7-4-8-16(15)21(17)27(25-20)19-12-26(30)10-9-23-19/h1-3,5-6,9-10,12,15-16,18,28H,4,7-8,11,13H2,(H,24,29)/t15-,16-,18?/m0/s1. The van der Waals surface area contributed by atoms with Gasteiger partial charge in [-0.3, -0.25) is 4.79 Å². The molecule has 0 aliphatic heterocycles. The first-order chi connectivity index (χ1) is 14.7. The van der Waals surface area contributed by atoms with E-state index in [-0.39, 0.29) is 12.5 Å². The van der Waals surface area contributed by atoms with Gasteiger partial charge in [0.15, 0.2) is 11.9 Å². The van der Waals surface area contributed by atoms with Crippen LogP contribution in [0.25, 0.3) is 5.82 Å². The number of nitrogens with zero attached hydrogens (tertiary/aromatic N) is 4. The lowest BCUT2D eigenvalue weighted by Crippen LogP contribution is -2.32. The molecule has 2 aliphatic rings. The fourth-order valence-corrected chi connectivity index (χ4v) is 4.93. The van der Waals surface area contributed by atoms with Gasteiger partial charge in [0.25, 0.3) is 5.91 Å². The number of fused-ring (bicyclic) bond motifs is 3. The Morgan fingerprint density at radius 3 is 2.93 bits per heavy atom. The zero-order valence-corrected chi connectivity index (χ0v) is 16.4. The van der Waals surface area contributed by atoms with E-state index in [0.717, 1.165) is 42.5 Å². The van der Waals surface area contributed by atoms with E-state index in [0.29, 0.717) is 28.1 Å². The number of benzene rings is 1. The molecule has 8 heteroatoms. The molecule has 1 fully saturated rings. The van der Waals surface area contributed by atoms with E-state index < -0.39 is 6.04 Å². The van der Waals surface area contributed by atoms with Crippen LogP contribution < -0.4 is 10.0 Å². The van der Waals surface area contributed by atoms with Crippen LogP contribution in [-0.4, -0.2) is 32.4 Å². The van der Waals surface area contributed by atoms with Crippen molar-refractivity contribution in [3.63, 3.8) is 0 Å². The van der Waals surface area contributed by atoms with Crippen LogP contribution in [0.1, 0.15) is 58.5 Å². The van der Waals surface area contributed by atoms with Gasteiger partial charge in [-0.2, -0.15) is 9.83 Å². The Labute approximate surface area is 173 Å². The molecule has 2 heterocycles. The summed E-state index contributed by atoms with van der Waals surface area (Å²) in [5, 5.41) is 29.1. The number of carbonyl (C=O) groups excluding carboxylic acids is 1. The minimum absolute atomic E-state index is 0.208. The van der Waals surface area contributed by atoms with Crippen LogP contribution in [0, 0.1) is 11.1 Å². The van der Waals surface area contributed by atoms with Gasteiger partial charge in [-0.1, -0.05) is 36.8 Å². The minimum atomic E-state index is -0.515. The Balaban J connectivity index is 1.53. The van der Waals surface area contributed by atoms with Crippen LogP contribution in [0.3, 0.4) is 0 Å². The number of nitrogens with one attached hydrogen (secondary N) is 1. The third-order valence-corrected chi connectivity index (χ3v) is 6.28. The summed E-state index contributed by atoms with van der Waals surface area (Å²) in [6, 6.07) is 8.86. The molecular weight excluding hydrogens is 382 g/mol. The molecule has 1 unspecified atom stereocenters. The highest BCUT2D eigenvalue weighted by molar-refractivity contribution is 5.94. The summed E-state index contributed by atoms with van der Waals surface area (Å²) in [5.74, 6) is 0.927. The third-order valence-electron chi connectivity index (χ3n) is 6.28. The van der Waals surface area contributed by atoms with Crippen molar-refractivity contribution >= 4 is 5.91 Å². The van der Waals surface area contributed by atoms with Gasteiger partial charge < -0.3 is 15.6 Å². The number of aromatic nitrogens is 4. The number of hydrogen-bond acceptors (Lipinski definition) is 5. The highest BCUT2D eigenvalue weighted by Crippen LogP contribution is 2.49. The van der Waals surface area contributed by atoms with Gasteiger partial charge in [-0.05, 0) is 30.7 Å². The van der Waals surface area contributed by atoms with Crippen LogP contribution >= 0.6 is 0 Å². The van der Waals surface area contributed by atoms with Crippen LogP contribution in [0.5, 0.6) is 0 Å². The fraction of sp³-hybridized carbons (Fsp3) is 0.364. The second-order valence-corrected chi connectivity index (χ2v) is 8.02. The van der Waals surface area contributed by atoms with E-state index in [1.54, 1.807) is 4.68 Å². The number of rotatable bonds is 5. The smallest absolute Gasteiger partial charge is 0.272 e. The van der Waals surface area contributed by atoms with Crippen LogP contribution in [-0.2, 0) is 6.42 Å².